The van der Waals surface area contributed by atoms with Crippen molar-refractivity contribution < 1.29 is 0 Å². The fourth-order valence-electron chi connectivity index (χ4n) is 3.60. The molecule has 4 heterocycles. The van der Waals surface area contributed by atoms with Gasteiger partial charge >= 0.3 is 0 Å². The number of H-pyrrole nitrogens is 1. The van der Waals surface area contributed by atoms with Gasteiger partial charge in [0, 0.05) is 53.2 Å². The Balaban J connectivity index is 1.61. The molecule has 6 nitrogen and oxygen atoms in total. The Morgan fingerprint density at radius 3 is 2.96 bits per heavy atom. The highest BCUT2D eigenvalue weighted by atomic mass is 15.1. The average Bonchev–Trinajstić information content (AvgIpc) is 2.97. The Kier molecular flexibility index (Phi) is 3.67. The summed E-state index contributed by atoms with van der Waals surface area (Å²) in [5.41, 5.74) is 3.84. The van der Waals surface area contributed by atoms with Crippen LogP contribution in [0, 0.1) is 0 Å². The maximum atomic E-state index is 4.71. The van der Waals surface area contributed by atoms with Gasteiger partial charge in [0.25, 0.3) is 0 Å². The van der Waals surface area contributed by atoms with E-state index in [1.807, 2.05) is 24.4 Å². The zero-order chi connectivity index (χ0) is 17.4. The van der Waals surface area contributed by atoms with Gasteiger partial charge in [-0.05, 0) is 38.5 Å². The normalized spacial score (nSPS) is 19.6. The summed E-state index contributed by atoms with van der Waals surface area (Å²) in [4.78, 5) is 16.6. The average molecular weight is 334 g/mol. The van der Waals surface area contributed by atoms with Crippen molar-refractivity contribution in [3.63, 3.8) is 0 Å². The van der Waals surface area contributed by atoms with Crippen molar-refractivity contribution in [1.82, 2.24) is 25.3 Å². The molecule has 0 radical (unpaired) electrons. The molecule has 1 saturated heterocycles. The Hall–Kier alpha value is -2.89. The SMILES string of the molecule is C=C1CC(Nc2nccc(-c3c[nH]c4ncccc34)n2)CC(C)(C)N1. The molecule has 25 heavy (non-hydrogen) atoms. The van der Waals surface area contributed by atoms with Crippen LogP contribution in [0.1, 0.15) is 26.7 Å². The highest BCUT2D eigenvalue weighted by molar-refractivity contribution is 5.92. The number of anilines is 1. The molecule has 1 atom stereocenters. The van der Waals surface area contributed by atoms with E-state index in [2.05, 4.69) is 46.0 Å². The number of hydrogen-bond donors (Lipinski definition) is 3. The lowest BCUT2D eigenvalue weighted by Gasteiger charge is -2.38. The van der Waals surface area contributed by atoms with Crippen LogP contribution in [-0.4, -0.2) is 31.5 Å². The first-order chi connectivity index (χ1) is 12.0. The van der Waals surface area contributed by atoms with Crippen molar-refractivity contribution in [3.05, 3.63) is 49.1 Å². The molecule has 0 spiro atoms. The van der Waals surface area contributed by atoms with Crippen molar-refractivity contribution >= 4 is 17.0 Å². The van der Waals surface area contributed by atoms with Gasteiger partial charge in [0.2, 0.25) is 5.95 Å². The lowest BCUT2D eigenvalue weighted by molar-refractivity contribution is 0.324. The topological polar surface area (TPSA) is 78.5 Å². The molecular weight excluding hydrogens is 312 g/mol. The van der Waals surface area contributed by atoms with Crippen LogP contribution in [-0.2, 0) is 0 Å². The van der Waals surface area contributed by atoms with Gasteiger partial charge in [0.05, 0.1) is 5.69 Å². The van der Waals surface area contributed by atoms with E-state index in [1.54, 1.807) is 12.4 Å². The first kappa shape index (κ1) is 15.6. The highest BCUT2D eigenvalue weighted by Crippen LogP contribution is 2.28. The fraction of sp³-hybridized carbons (Fsp3) is 0.316. The second kappa shape index (κ2) is 5.88. The van der Waals surface area contributed by atoms with Crippen molar-refractivity contribution in [3.8, 4) is 11.3 Å². The monoisotopic (exact) mass is 334 g/mol. The molecule has 0 saturated carbocycles. The first-order valence-corrected chi connectivity index (χ1v) is 8.48. The van der Waals surface area contributed by atoms with E-state index in [0.29, 0.717) is 5.95 Å². The summed E-state index contributed by atoms with van der Waals surface area (Å²) in [5.74, 6) is 0.645. The van der Waals surface area contributed by atoms with Crippen LogP contribution in [0.3, 0.4) is 0 Å². The lowest BCUT2D eigenvalue weighted by Crippen LogP contribution is -2.48. The van der Waals surface area contributed by atoms with Gasteiger partial charge in [-0.15, -0.1) is 0 Å². The van der Waals surface area contributed by atoms with Gasteiger partial charge in [-0.2, -0.15) is 0 Å². The van der Waals surface area contributed by atoms with Crippen molar-refractivity contribution in [1.29, 1.82) is 0 Å². The van der Waals surface area contributed by atoms with E-state index >= 15 is 0 Å². The van der Waals surface area contributed by atoms with Crippen LogP contribution in [0.15, 0.2) is 49.1 Å². The predicted octanol–water partition coefficient (Wildman–Crippen LogP) is 3.48. The smallest absolute Gasteiger partial charge is 0.223 e. The molecule has 3 N–H and O–H groups in total. The maximum absolute atomic E-state index is 4.71. The minimum absolute atomic E-state index is 0.0210. The predicted molar refractivity (Wildman–Crippen MR) is 100 cm³/mol. The van der Waals surface area contributed by atoms with Crippen LogP contribution < -0.4 is 10.6 Å². The van der Waals surface area contributed by atoms with Crippen LogP contribution in [0.5, 0.6) is 0 Å². The van der Waals surface area contributed by atoms with Crippen molar-refractivity contribution in [2.75, 3.05) is 5.32 Å². The molecule has 1 unspecified atom stereocenters. The number of aromatic amines is 1. The summed E-state index contributed by atoms with van der Waals surface area (Å²) in [6, 6.07) is 6.17. The van der Waals surface area contributed by atoms with Crippen LogP contribution in [0.4, 0.5) is 5.95 Å². The summed E-state index contributed by atoms with van der Waals surface area (Å²) in [5, 5.41) is 7.97. The molecule has 4 rings (SSSR count). The summed E-state index contributed by atoms with van der Waals surface area (Å²) in [6.07, 6.45) is 7.37. The molecule has 3 aromatic rings. The minimum atomic E-state index is 0.0210. The van der Waals surface area contributed by atoms with Crippen LogP contribution >= 0.6 is 0 Å². The van der Waals surface area contributed by atoms with Gasteiger partial charge < -0.3 is 15.6 Å². The van der Waals surface area contributed by atoms with E-state index in [1.165, 1.54) is 0 Å². The van der Waals surface area contributed by atoms with Gasteiger partial charge in [0.1, 0.15) is 5.65 Å². The largest absolute Gasteiger partial charge is 0.384 e. The van der Waals surface area contributed by atoms with E-state index in [4.69, 9.17) is 4.98 Å². The van der Waals surface area contributed by atoms with E-state index in [9.17, 15) is 0 Å². The molecule has 0 amide bonds. The zero-order valence-electron chi connectivity index (χ0n) is 14.5. The first-order valence-electron chi connectivity index (χ1n) is 8.48. The quantitative estimate of drug-likeness (QED) is 0.683. The molecule has 3 aromatic heterocycles. The number of nitrogens with zero attached hydrogens (tertiary/aromatic N) is 3. The highest BCUT2D eigenvalue weighted by Gasteiger charge is 2.29. The number of nitrogens with one attached hydrogen (secondary N) is 3. The molecule has 1 aliphatic heterocycles. The molecular formula is C19H22N6. The summed E-state index contributed by atoms with van der Waals surface area (Å²) in [6.45, 7) is 8.46. The van der Waals surface area contributed by atoms with E-state index in [-0.39, 0.29) is 11.6 Å². The Labute approximate surface area is 146 Å². The summed E-state index contributed by atoms with van der Waals surface area (Å²) < 4.78 is 0. The van der Waals surface area contributed by atoms with Gasteiger partial charge in [-0.3, -0.25) is 0 Å². The number of rotatable bonds is 3. The number of fused-ring (bicyclic) bond motifs is 1. The summed E-state index contributed by atoms with van der Waals surface area (Å²) >= 11 is 0. The second-order valence-corrected chi connectivity index (χ2v) is 7.23. The molecule has 0 bridgehead atoms. The minimum Gasteiger partial charge on any atom is -0.384 e. The van der Waals surface area contributed by atoms with Gasteiger partial charge in [0.15, 0.2) is 0 Å². The van der Waals surface area contributed by atoms with Crippen LogP contribution in [0.2, 0.25) is 0 Å². The molecule has 0 aliphatic carbocycles. The molecule has 1 fully saturated rings. The second-order valence-electron chi connectivity index (χ2n) is 7.23. The number of aromatic nitrogens is 4. The fourth-order valence-corrected chi connectivity index (χ4v) is 3.60. The van der Waals surface area contributed by atoms with Crippen molar-refractivity contribution in [2.45, 2.75) is 38.3 Å². The Morgan fingerprint density at radius 2 is 2.12 bits per heavy atom. The number of hydrogen-bond acceptors (Lipinski definition) is 5. The number of piperidine rings is 1. The third-order valence-corrected chi connectivity index (χ3v) is 4.48. The third-order valence-electron chi connectivity index (χ3n) is 4.48. The summed E-state index contributed by atoms with van der Waals surface area (Å²) in [7, 11) is 0. The van der Waals surface area contributed by atoms with E-state index < -0.39 is 0 Å². The van der Waals surface area contributed by atoms with Crippen molar-refractivity contribution in [2.24, 2.45) is 0 Å². The number of pyridine rings is 1. The molecule has 0 aromatic carbocycles. The lowest BCUT2D eigenvalue weighted by atomic mass is 9.88. The Morgan fingerprint density at radius 1 is 1.24 bits per heavy atom. The standard InChI is InChI=1S/C19H22N6/c1-12-9-13(10-19(2,3)25-12)23-18-21-8-6-16(24-18)15-11-22-17-14(15)5-4-7-20-17/h4-8,11,13,25H,1,9-10H2,2-3H3,(H,20,22)(H,21,23,24). The van der Waals surface area contributed by atoms with Gasteiger partial charge in [-0.25, -0.2) is 15.0 Å². The third kappa shape index (κ3) is 3.20. The van der Waals surface area contributed by atoms with E-state index in [0.717, 1.165) is 40.8 Å². The zero-order valence-corrected chi connectivity index (χ0v) is 14.5. The Bertz CT molecular complexity index is 926. The molecule has 128 valence electrons. The van der Waals surface area contributed by atoms with Crippen LogP contribution in [0.25, 0.3) is 22.3 Å². The van der Waals surface area contributed by atoms with Gasteiger partial charge in [-0.1, -0.05) is 6.58 Å². The maximum Gasteiger partial charge on any atom is 0.223 e. The molecule has 6 heteroatoms. The molecule has 1 aliphatic rings.